The van der Waals surface area contributed by atoms with Gasteiger partial charge in [0.1, 0.15) is 0 Å². The minimum atomic E-state index is -3.05. The zero-order valence-electron chi connectivity index (χ0n) is 11.0. The van der Waals surface area contributed by atoms with Gasteiger partial charge in [0, 0.05) is 6.04 Å². The van der Waals surface area contributed by atoms with Crippen molar-refractivity contribution in [2.45, 2.75) is 52.0 Å². The van der Waals surface area contributed by atoms with E-state index in [1.165, 1.54) is 0 Å². The summed E-state index contributed by atoms with van der Waals surface area (Å²) in [5.74, 6) is 0.840. The standard InChI is InChI=1S/C12H26N2O2S/c1-3-6-11-10-12(11)14-17(15,16)9-5-8-13-7-4-2/h11-14H,3-10H2,1-2H3. The molecular weight excluding hydrogens is 236 g/mol. The molecule has 1 aliphatic rings. The summed E-state index contributed by atoms with van der Waals surface area (Å²) in [7, 11) is -3.05. The number of sulfonamides is 1. The van der Waals surface area contributed by atoms with E-state index in [4.69, 9.17) is 0 Å². The van der Waals surface area contributed by atoms with Crippen molar-refractivity contribution in [1.82, 2.24) is 10.0 Å². The zero-order chi connectivity index (χ0) is 12.7. The summed E-state index contributed by atoms with van der Waals surface area (Å²) in [6.45, 7) is 6.00. The van der Waals surface area contributed by atoms with Crippen LogP contribution in [0, 0.1) is 5.92 Å². The second-order valence-corrected chi connectivity index (χ2v) is 6.80. The van der Waals surface area contributed by atoms with Crippen LogP contribution >= 0.6 is 0 Å². The third-order valence-electron chi connectivity index (χ3n) is 3.11. The van der Waals surface area contributed by atoms with Crippen LogP contribution in [0.2, 0.25) is 0 Å². The van der Waals surface area contributed by atoms with Crippen molar-refractivity contribution >= 4 is 10.0 Å². The van der Waals surface area contributed by atoms with E-state index in [1.54, 1.807) is 0 Å². The maximum atomic E-state index is 11.7. The quantitative estimate of drug-likeness (QED) is 0.586. The largest absolute Gasteiger partial charge is 0.317 e. The van der Waals surface area contributed by atoms with Crippen LogP contribution in [0.5, 0.6) is 0 Å². The lowest BCUT2D eigenvalue weighted by molar-refractivity contribution is 0.567. The first-order chi connectivity index (χ1) is 8.09. The molecule has 2 N–H and O–H groups in total. The van der Waals surface area contributed by atoms with Crippen LogP contribution in [0.4, 0.5) is 0 Å². The van der Waals surface area contributed by atoms with Gasteiger partial charge in [0.05, 0.1) is 5.75 Å². The van der Waals surface area contributed by atoms with Crippen molar-refractivity contribution in [3.05, 3.63) is 0 Å². The Bertz CT molecular complexity index is 304. The molecule has 0 aromatic heterocycles. The molecule has 4 nitrogen and oxygen atoms in total. The molecule has 0 spiro atoms. The van der Waals surface area contributed by atoms with E-state index in [0.717, 1.165) is 38.8 Å². The first kappa shape index (κ1) is 14.9. The molecule has 17 heavy (non-hydrogen) atoms. The first-order valence-electron chi connectivity index (χ1n) is 6.79. The van der Waals surface area contributed by atoms with E-state index in [2.05, 4.69) is 23.9 Å². The Morgan fingerprint density at radius 3 is 2.59 bits per heavy atom. The highest BCUT2D eigenvalue weighted by Crippen LogP contribution is 2.34. The SMILES string of the molecule is CCCNCCCS(=O)(=O)NC1CC1CCC. The molecule has 5 heteroatoms. The van der Waals surface area contributed by atoms with E-state index in [9.17, 15) is 8.42 Å². The third kappa shape index (κ3) is 6.38. The minimum absolute atomic E-state index is 0.226. The lowest BCUT2D eigenvalue weighted by Crippen LogP contribution is -2.31. The fourth-order valence-corrected chi connectivity index (χ4v) is 3.45. The summed E-state index contributed by atoms with van der Waals surface area (Å²) in [6, 6.07) is 0.226. The summed E-state index contributed by atoms with van der Waals surface area (Å²) in [6.07, 6.45) is 5.10. The van der Waals surface area contributed by atoms with Gasteiger partial charge in [0.25, 0.3) is 0 Å². The van der Waals surface area contributed by atoms with Crippen LogP contribution in [-0.4, -0.2) is 33.3 Å². The molecule has 0 amide bonds. The second kappa shape index (κ2) is 7.34. The van der Waals surface area contributed by atoms with Crippen LogP contribution in [0.15, 0.2) is 0 Å². The van der Waals surface area contributed by atoms with Crippen molar-refractivity contribution in [2.24, 2.45) is 5.92 Å². The Hall–Kier alpha value is -0.130. The van der Waals surface area contributed by atoms with Gasteiger partial charge in [-0.25, -0.2) is 13.1 Å². The number of rotatable bonds is 10. The monoisotopic (exact) mass is 262 g/mol. The number of nitrogens with one attached hydrogen (secondary N) is 2. The maximum Gasteiger partial charge on any atom is 0.211 e. The van der Waals surface area contributed by atoms with Crippen LogP contribution < -0.4 is 10.0 Å². The summed E-state index contributed by atoms with van der Waals surface area (Å²) in [5, 5.41) is 3.21. The third-order valence-corrected chi connectivity index (χ3v) is 4.59. The van der Waals surface area contributed by atoms with Gasteiger partial charge in [-0.2, -0.15) is 0 Å². The van der Waals surface area contributed by atoms with E-state index in [0.29, 0.717) is 12.3 Å². The molecule has 1 rings (SSSR count). The summed E-state index contributed by atoms with van der Waals surface area (Å²) in [5.41, 5.74) is 0. The molecule has 1 fully saturated rings. The lowest BCUT2D eigenvalue weighted by Gasteiger charge is -2.06. The Morgan fingerprint density at radius 2 is 1.94 bits per heavy atom. The van der Waals surface area contributed by atoms with Crippen LogP contribution in [-0.2, 0) is 10.0 Å². The van der Waals surface area contributed by atoms with Gasteiger partial charge >= 0.3 is 0 Å². The van der Waals surface area contributed by atoms with Gasteiger partial charge in [-0.15, -0.1) is 0 Å². The average Bonchev–Trinajstić information content (AvgIpc) is 2.95. The van der Waals surface area contributed by atoms with E-state index >= 15 is 0 Å². The van der Waals surface area contributed by atoms with Crippen molar-refractivity contribution in [1.29, 1.82) is 0 Å². The normalized spacial score (nSPS) is 23.9. The van der Waals surface area contributed by atoms with Gasteiger partial charge < -0.3 is 5.32 Å². The zero-order valence-corrected chi connectivity index (χ0v) is 11.9. The molecule has 1 aliphatic carbocycles. The van der Waals surface area contributed by atoms with E-state index in [1.807, 2.05) is 0 Å². The highest BCUT2D eigenvalue weighted by atomic mass is 32.2. The van der Waals surface area contributed by atoms with Gasteiger partial charge in [0.15, 0.2) is 0 Å². The molecule has 0 heterocycles. The fraction of sp³-hybridized carbons (Fsp3) is 1.00. The van der Waals surface area contributed by atoms with Crippen molar-refractivity contribution in [3.63, 3.8) is 0 Å². The molecule has 102 valence electrons. The Kier molecular flexibility index (Phi) is 6.44. The van der Waals surface area contributed by atoms with Gasteiger partial charge in [0.2, 0.25) is 10.0 Å². The van der Waals surface area contributed by atoms with Crippen LogP contribution in [0.1, 0.15) is 46.0 Å². The molecular formula is C12H26N2O2S. The minimum Gasteiger partial charge on any atom is -0.317 e. The topological polar surface area (TPSA) is 58.2 Å². The predicted octanol–water partition coefficient (Wildman–Crippen LogP) is 1.48. The molecule has 0 bridgehead atoms. The Morgan fingerprint density at radius 1 is 1.18 bits per heavy atom. The molecule has 2 unspecified atom stereocenters. The number of hydrogen-bond acceptors (Lipinski definition) is 3. The molecule has 2 atom stereocenters. The summed E-state index contributed by atoms with van der Waals surface area (Å²) in [4.78, 5) is 0. The van der Waals surface area contributed by atoms with E-state index in [-0.39, 0.29) is 11.8 Å². The highest BCUT2D eigenvalue weighted by Gasteiger charge is 2.38. The predicted molar refractivity (Wildman–Crippen MR) is 71.5 cm³/mol. The lowest BCUT2D eigenvalue weighted by atomic mass is 10.2. The number of hydrogen-bond donors (Lipinski definition) is 2. The fourth-order valence-electron chi connectivity index (χ4n) is 2.06. The maximum absolute atomic E-state index is 11.7. The molecule has 0 aliphatic heterocycles. The Labute approximate surface area is 106 Å². The average molecular weight is 262 g/mol. The molecule has 0 radical (unpaired) electrons. The molecule has 0 aromatic rings. The second-order valence-electron chi connectivity index (χ2n) is 4.93. The molecule has 0 aromatic carbocycles. The van der Waals surface area contributed by atoms with Crippen LogP contribution in [0.25, 0.3) is 0 Å². The van der Waals surface area contributed by atoms with Gasteiger partial charge in [-0.3, -0.25) is 0 Å². The smallest absolute Gasteiger partial charge is 0.211 e. The summed E-state index contributed by atoms with van der Waals surface area (Å²) < 4.78 is 26.2. The van der Waals surface area contributed by atoms with Gasteiger partial charge in [-0.1, -0.05) is 20.3 Å². The Balaban J connectivity index is 2.10. The van der Waals surface area contributed by atoms with Crippen LogP contribution in [0.3, 0.4) is 0 Å². The molecule has 0 saturated heterocycles. The highest BCUT2D eigenvalue weighted by molar-refractivity contribution is 7.89. The first-order valence-corrected chi connectivity index (χ1v) is 8.45. The van der Waals surface area contributed by atoms with Crippen molar-refractivity contribution in [2.75, 3.05) is 18.8 Å². The van der Waals surface area contributed by atoms with E-state index < -0.39 is 10.0 Å². The summed E-state index contributed by atoms with van der Waals surface area (Å²) >= 11 is 0. The van der Waals surface area contributed by atoms with Crippen molar-refractivity contribution < 1.29 is 8.42 Å². The molecule has 1 saturated carbocycles. The van der Waals surface area contributed by atoms with Crippen molar-refractivity contribution in [3.8, 4) is 0 Å². The van der Waals surface area contributed by atoms with Gasteiger partial charge in [-0.05, 0) is 44.7 Å².